The van der Waals surface area contributed by atoms with Gasteiger partial charge in [-0.15, -0.1) is 0 Å². The Bertz CT molecular complexity index is 354. The minimum atomic E-state index is 0.500. The van der Waals surface area contributed by atoms with E-state index in [4.69, 9.17) is 0 Å². The van der Waals surface area contributed by atoms with Gasteiger partial charge in [-0.2, -0.15) is 0 Å². The minimum Gasteiger partial charge on any atom is -0.0604 e. The lowest BCUT2D eigenvalue weighted by molar-refractivity contribution is 0.469. The molecule has 0 N–H and O–H groups in total. The maximum atomic E-state index is 2.19. The van der Waals surface area contributed by atoms with Gasteiger partial charge in [0.05, 0.1) is 0 Å². The molecule has 320 valence electrons. The first kappa shape index (κ1) is 75.0. The highest BCUT2D eigenvalue weighted by Gasteiger charge is 1.99. The third-order valence-electron chi connectivity index (χ3n) is 0. The summed E-state index contributed by atoms with van der Waals surface area (Å²) in [6.07, 6.45) is 0. The van der Waals surface area contributed by atoms with Crippen molar-refractivity contribution in [3.8, 4) is 0 Å². The fraction of sp³-hybridized carbons (Fsp3) is 1.00. The maximum absolute atomic E-state index is 2.19. The first-order chi connectivity index (χ1) is 20.0. The van der Waals surface area contributed by atoms with Crippen LogP contribution in [0.3, 0.4) is 0 Å². The molecule has 0 atom stereocenters. The molecule has 0 saturated carbocycles. The predicted molar refractivity (Wildman–Crippen MR) is 251 cm³/mol. The van der Waals surface area contributed by atoms with E-state index in [0.29, 0.717) is 54.1 Å². The molecule has 0 heteroatoms. The second kappa shape index (κ2) is 31.4. The number of hydrogen-bond donors (Lipinski definition) is 0. The molecule has 0 rings (SSSR count). The molecular weight excluding hydrogens is 601 g/mol. The number of rotatable bonds is 0. The van der Waals surface area contributed by atoms with Crippen molar-refractivity contribution in [2.45, 2.75) is 277 Å². The average Bonchev–Trinajstić information content (AvgIpc) is 2.34. The van der Waals surface area contributed by atoms with Gasteiger partial charge in [0.1, 0.15) is 0 Å². The highest BCUT2D eigenvalue weighted by Crippen LogP contribution is 2.12. The first-order valence-electron chi connectivity index (χ1n) is 20.0. The zero-order chi connectivity index (χ0) is 45.0. The SMILES string of the molecule is CC(C)(C)C.CC(C)(C)C.CC(C)(C)C.CC(C)(C)C.CC(C)(C)C.CC(C)(C)C.CC(C)(C)C.CC(C)(C)C.CC(C)(C)C.CC(C)(C)C. The van der Waals surface area contributed by atoms with Crippen LogP contribution in [0.25, 0.3) is 0 Å². The second-order valence-corrected chi connectivity index (χ2v) is 30.0. The van der Waals surface area contributed by atoms with Gasteiger partial charge in [-0.05, 0) is 54.1 Å². The van der Waals surface area contributed by atoms with Crippen LogP contribution in [0.15, 0.2) is 0 Å². The van der Waals surface area contributed by atoms with Gasteiger partial charge in [-0.3, -0.25) is 0 Å². The molecule has 0 aromatic carbocycles. The fourth-order valence-electron chi connectivity index (χ4n) is 0. The molecule has 0 aliphatic rings. The van der Waals surface area contributed by atoms with Crippen LogP contribution < -0.4 is 0 Å². The third-order valence-corrected chi connectivity index (χ3v) is 0. The summed E-state index contributed by atoms with van der Waals surface area (Å²) >= 11 is 0. The van der Waals surface area contributed by atoms with E-state index >= 15 is 0 Å². The average molecular weight is 722 g/mol. The molecule has 0 aromatic rings. The van der Waals surface area contributed by atoms with E-state index < -0.39 is 0 Å². The Hall–Kier alpha value is 0. The van der Waals surface area contributed by atoms with Crippen LogP contribution in [0.4, 0.5) is 0 Å². The van der Waals surface area contributed by atoms with Crippen molar-refractivity contribution >= 4 is 0 Å². The standard InChI is InChI=1S/10C5H12/c10*1-5(2,3)4/h10*1-4H3. The van der Waals surface area contributed by atoms with Crippen molar-refractivity contribution in [2.24, 2.45) is 54.1 Å². The van der Waals surface area contributed by atoms with Crippen LogP contribution in [0.1, 0.15) is 277 Å². The van der Waals surface area contributed by atoms with Gasteiger partial charge in [-0.25, -0.2) is 0 Å². The van der Waals surface area contributed by atoms with Gasteiger partial charge in [-0.1, -0.05) is 277 Å². The van der Waals surface area contributed by atoms with Crippen molar-refractivity contribution in [2.75, 3.05) is 0 Å². The van der Waals surface area contributed by atoms with E-state index in [-0.39, 0.29) is 0 Å². The zero-order valence-electron chi connectivity index (χ0n) is 45.0. The summed E-state index contributed by atoms with van der Waals surface area (Å²) in [6, 6.07) is 0. The summed E-state index contributed by atoms with van der Waals surface area (Å²) in [7, 11) is 0. The molecular formula is C50H120. The largest absolute Gasteiger partial charge is 0.0604 e. The summed E-state index contributed by atoms with van der Waals surface area (Å²) in [5.74, 6) is 0. The van der Waals surface area contributed by atoms with Crippen LogP contribution in [0.5, 0.6) is 0 Å². The quantitative estimate of drug-likeness (QED) is 0.234. The van der Waals surface area contributed by atoms with Crippen molar-refractivity contribution < 1.29 is 0 Å². The number of hydrogen-bond acceptors (Lipinski definition) is 0. The molecule has 0 saturated heterocycles. The second-order valence-electron chi connectivity index (χ2n) is 30.0. The van der Waals surface area contributed by atoms with Crippen LogP contribution >= 0.6 is 0 Å². The topological polar surface area (TPSA) is 0 Å². The molecule has 0 radical (unpaired) electrons. The smallest absolute Gasteiger partial charge is 0.0411 e. The normalized spacial score (nSPS) is 12.0. The highest BCUT2D eigenvalue weighted by molar-refractivity contribution is 4.51. The summed E-state index contributed by atoms with van der Waals surface area (Å²) in [5, 5.41) is 0. The Labute approximate surface area is 330 Å². The van der Waals surface area contributed by atoms with E-state index in [9.17, 15) is 0 Å². The van der Waals surface area contributed by atoms with Gasteiger partial charge >= 0.3 is 0 Å². The van der Waals surface area contributed by atoms with E-state index in [0.717, 1.165) is 0 Å². The molecule has 50 heavy (non-hydrogen) atoms. The van der Waals surface area contributed by atoms with Crippen molar-refractivity contribution in [3.05, 3.63) is 0 Å². The van der Waals surface area contributed by atoms with Crippen LogP contribution in [0, 0.1) is 54.1 Å². The van der Waals surface area contributed by atoms with Crippen molar-refractivity contribution in [1.29, 1.82) is 0 Å². The molecule has 0 spiro atoms. The van der Waals surface area contributed by atoms with E-state index in [2.05, 4.69) is 277 Å². The Morgan fingerprint density at radius 1 is 0.0800 bits per heavy atom. The van der Waals surface area contributed by atoms with Crippen molar-refractivity contribution in [1.82, 2.24) is 0 Å². The zero-order valence-corrected chi connectivity index (χ0v) is 45.0. The molecule has 0 aliphatic carbocycles. The molecule has 0 nitrogen and oxygen atoms in total. The van der Waals surface area contributed by atoms with Gasteiger partial charge in [0.15, 0.2) is 0 Å². The molecule has 0 aromatic heterocycles. The molecule has 0 heterocycles. The molecule has 0 amide bonds. The van der Waals surface area contributed by atoms with Crippen molar-refractivity contribution in [3.63, 3.8) is 0 Å². The maximum Gasteiger partial charge on any atom is -0.0411 e. The molecule has 0 aliphatic heterocycles. The first-order valence-corrected chi connectivity index (χ1v) is 20.0. The lowest BCUT2D eigenvalue weighted by atomic mass is 10.0. The summed E-state index contributed by atoms with van der Waals surface area (Å²) in [6.45, 7) is 87.5. The van der Waals surface area contributed by atoms with E-state index in [1.165, 1.54) is 0 Å². The predicted octanol–water partition coefficient (Wildman–Crippen LogP) is 20.5. The summed E-state index contributed by atoms with van der Waals surface area (Å²) in [4.78, 5) is 0. The summed E-state index contributed by atoms with van der Waals surface area (Å²) in [5.41, 5.74) is 5.00. The minimum absolute atomic E-state index is 0.500. The molecule has 0 unspecified atom stereocenters. The Morgan fingerprint density at radius 3 is 0.0800 bits per heavy atom. The third kappa shape index (κ3) is 0. The lowest BCUT2D eigenvalue weighted by Gasteiger charge is -2.05. The Morgan fingerprint density at radius 2 is 0.0800 bits per heavy atom. The van der Waals surface area contributed by atoms with E-state index in [1.54, 1.807) is 0 Å². The summed E-state index contributed by atoms with van der Waals surface area (Å²) < 4.78 is 0. The van der Waals surface area contributed by atoms with Gasteiger partial charge in [0.25, 0.3) is 0 Å². The van der Waals surface area contributed by atoms with Crippen LogP contribution in [-0.4, -0.2) is 0 Å². The van der Waals surface area contributed by atoms with Gasteiger partial charge < -0.3 is 0 Å². The van der Waals surface area contributed by atoms with E-state index in [1.807, 2.05) is 0 Å². The highest BCUT2D eigenvalue weighted by atomic mass is 14.1. The van der Waals surface area contributed by atoms with Crippen LogP contribution in [0.2, 0.25) is 0 Å². The Kier molecular flexibility index (Phi) is 47.1. The molecule has 0 fully saturated rings. The van der Waals surface area contributed by atoms with Crippen LogP contribution in [-0.2, 0) is 0 Å². The lowest BCUT2D eigenvalue weighted by Crippen LogP contribution is -1.93. The monoisotopic (exact) mass is 721 g/mol. The Balaban J connectivity index is -0.0000000444. The van der Waals surface area contributed by atoms with Gasteiger partial charge in [0.2, 0.25) is 0 Å². The molecule has 0 bridgehead atoms. The fourth-order valence-corrected chi connectivity index (χ4v) is 0. The van der Waals surface area contributed by atoms with Gasteiger partial charge in [0, 0.05) is 0 Å².